The second-order valence-corrected chi connectivity index (χ2v) is 13.9. The minimum Gasteiger partial charge on any atom is -0.454 e. The van der Waals surface area contributed by atoms with E-state index in [4.69, 9.17) is 18.6 Å². The van der Waals surface area contributed by atoms with Gasteiger partial charge in [0, 0.05) is 31.8 Å². The number of carbonyl (C=O) groups excluding carboxylic acids is 2. The fourth-order valence-corrected chi connectivity index (χ4v) is 5.47. The number of aliphatic hydroxyl groups is 1. The Hall–Kier alpha value is -1.06. The molecule has 2 aliphatic heterocycles. The zero-order chi connectivity index (χ0) is 22.0. The van der Waals surface area contributed by atoms with E-state index in [1.54, 1.807) is 7.11 Å². The molecule has 0 aromatic carbocycles. The molecular weight excluding hydrogens is 392 g/mol. The first-order valence-electron chi connectivity index (χ1n) is 10.3. The molecule has 1 N–H and O–H groups in total. The molecule has 0 aromatic heterocycles. The average Bonchev–Trinajstić information content (AvgIpc) is 2.59. The van der Waals surface area contributed by atoms with Crippen molar-refractivity contribution in [1.82, 2.24) is 0 Å². The number of aldehydes is 1. The van der Waals surface area contributed by atoms with Gasteiger partial charge in [0.05, 0.1) is 24.7 Å². The molecule has 2 bridgehead atoms. The predicted octanol–water partition coefficient (Wildman–Crippen LogP) is 2.82. The van der Waals surface area contributed by atoms with Crippen molar-refractivity contribution in [2.45, 2.75) is 89.9 Å². The van der Waals surface area contributed by atoms with Gasteiger partial charge in [0.25, 0.3) is 0 Å². The molecule has 0 saturated carbocycles. The molecule has 1 saturated heterocycles. The Bertz CT molecular complexity index is 629. The van der Waals surface area contributed by atoms with Crippen LogP contribution in [0.3, 0.4) is 0 Å². The number of methoxy groups -OCH3 is 1. The summed E-state index contributed by atoms with van der Waals surface area (Å²) in [5.41, 5.74) is 0.891. The van der Waals surface area contributed by atoms with Gasteiger partial charge in [0.2, 0.25) is 0 Å². The highest BCUT2D eigenvalue weighted by Crippen LogP contribution is 2.41. The molecule has 1 fully saturated rings. The molecule has 0 aliphatic carbocycles. The van der Waals surface area contributed by atoms with Gasteiger partial charge >= 0.3 is 5.97 Å². The molecule has 7 nitrogen and oxygen atoms in total. The lowest BCUT2D eigenvalue weighted by Crippen LogP contribution is -2.57. The van der Waals surface area contributed by atoms with E-state index in [2.05, 4.69) is 26.6 Å². The van der Waals surface area contributed by atoms with E-state index < -0.39 is 26.2 Å². The third kappa shape index (κ3) is 6.46. The third-order valence-corrected chi connectivity index (χ3v) is 6.63. The minimum atomic E-state index is -1.90. The van der Waals surface area contributed by atoms with E-state index in [0.29, 0.717) is 12.7 Å². The van der Waals surface area contributed by atoms with Gasteiger partial charge in [-0.15, -0.1) is 0 Å². The summed E-state index contributed by atoms with van der Waals surface area (Å²) in [5.74, 6) is -2.47. The molecule has 8 heteroatoms. The van der Waals surface area contributed by atoms with Gasteiger partial charge in [-0.1, -0.05) is 25.5 Å². The molecule has 29 heavy (non-hydrogen) atoms. The summed E-state index contributed by atoms with van der Waals surface area (Å²) in [5, 5.41) is 11.2. The first-order chi connectivity index (χ1) is 13.4. The van der Waals surface area contributed by atoms with E-state index in [1.165, 1.54) is 0 Å². The fraction of sp³-hybridized carbons (Fsp3) is 0.810. The smallest absolute Gasteiger partial charge is 0.311 e. The van der Waals surface area contributed by atoms with Crippen LogP contribution in [0.25, 0.3) is 0 Å². The van der Waals surface area contributed by atoms with Crippen molar-refractivity contribution < 1.29 is 33.3 Å². The van der Waals surface area contributed by atoms with Crippen LogP contribution in [0.4, 0.5) is 0 Å². The highest BCUT2D eigenvalue weighted by atomic mass is 28.4. The molecule has 7 atom stereocenters. The molecule has 0 unspecified atom stereocenters. The van der Waals surface area contributed by atoms with Gasteiger partial charge in [-0.2, -0.15) is 0 Å². The minimum absolute atomic E-state index is 0.00467. The summed E-state index contributed by atoms with van der Waals surface area (Å²) in [6.45, 7) is 12.2. The Morgan fingerprint density at radius 1 is 1.28 bits per heavy atom. The predicted molar refractivity (Wildman–Crippen MR) is 111 cm³/mol. The zero-order valence-corrected chi connectivity index (χ0v) is 19.6. The van der Waals surface area contributed by atoms with E-state index in [9.17, 15) is 14.7 Å². The SMILES string of the molecule is CO[C@@H]1/C=C(\C)C[C@H](C=O)OC(=O)C[C@]2(O)C[C@H](O[Si](C)(C)C)[C@@H](C)[C@@H](O2)[C@@H]1C. The number of hydrogen-bond acceptors (Lipinski definition) is 7. The number of fused-ring (bicyclic) bond motifs is 2. The molecule has 0 amide bonds. The van der Waals surface area contributed by atoms with Gasteiger partial charge in [0.1, 0.15) is 0 Å². The van der Waals surface area contributed by atoms with Crippen LogP contribution in [0.15, 0.2) is 11.6 Å². The average molecular weight is 429 g/mol. The van der Waals surface area contributed by atoms with Crippen molar-refractivity contribution in [2.24, 2.45) is 11.8 Å². The lowest BCUT2D eigenvalue weighted by molar-refractivity contribution is -0.299. The van der Waals surface area contributed by atoms with Crippen molar-refractivity contribution >= 4 is 20.6 Å². The maximum absolute atomic E-state index is 12.5. The van der Waals surface area contributed by atoms with E-state index in [1.807, 2.05) is 19.9 Å². The van der Waals surface area contributed by atoms with E-state index in [0.717, 1.165) is 5.57 Å². The van der Waals surface area contributed by atoms with Gasteiger partial charge in [0.15, 0.2) is 26.5 Å². The molecule has 0 aromatic rings. The second-order valence-electron chi connectivity index (χ2n) is 9.48. The number of ether oxygens (including phenoxy) is 3. The normalized spacial score (nSPS) is 41.4. The number of hydrogen-bond donors (Lipinski definition) is 1. The number of esters is 1. The second kappa shape index (κ2) is 9.39. The van der Waals surface area contributed by atoms with Gasteiger partial charge < -0.3 is 23.7 Å². The van der Waals surface area contributed by atoms with Crippen LogP contribution in [-0.2, 0) is 28.2 Å². The zero-order valence-electron chi connectivity index (χ0n) is 18.6. The van der Waals surface area contributed by atoms with Crippen molar-refractivity contribution in [3.63, 3.8) is 0 Å². The van der Waals surface area contributed by atoms with Crippen LogP contribution in [-0.4, -0.2) is 63.0 Å². The van der Waals surface area contributed by atoms with E-state index >= 15 is 0 Å². The van der Waals surface area contributed by atoms with Crippen LogP contribution < -0.4 is 0 Å². The molecule has 2 rings (SSSR count). The summed E-state index contributed by atoms with van der Waals surface area (Å²) >= 11 is 0. The number of rotatable bonds is 4. The topological polar surface area (TPSA) is 91.3 Å². The molecule has 0 radical (unpaired) electrons. The lowest BCUT2D eigenvalue weighted by Gasteiger charge is -2.49. The molecule has 0 spiro atoms. The highest BCUT2D eigenvalue weighted by Gasteiger charge is 2.50. The molecule has 2 heterocycles. The quantitative estimate of drug-likeness (QED) is 0.319. The van der Waals surface area contributed by atoms with Gasteiger partial charge in [-0.3, -0.25) is 9.59 Å². The van der Waals surface area contributed by atoms with Crippen LogP contribution in [0.2, 0.25) is 19.6 Å². The largest absolute Gasteiger partial charge is 0.454 e. The van der Waals surface area contributed by atoms with Crippen molar-refractivity contribution in [2.75, 3.05) is 7.11 Å². The molecule has 2 aliphatic rings. The van der Waals surface area contributed by atoms with Crippen molar-refractivity contribution in [1.29, 1.82) is 0 Å². The summed E-state index contributed by atoms with van der Waals surface area (Å²) in [7, 11) is -0.272. The molecule has 166 valence electrons. The van der Waals surface area contributed by atoms with Crippen LogP contribution in [0, 0.1) is 11.8 Å². The summed E-state index contributed by atoms with van der Waals surface area (Å²) < 4.78 is 23.5. The first kappa shape index (κ1) is 24.2. The Kier molecular flexibility index (Phi) is 7.84. The number of carbonyl (C=O) groups is 2. The van der Waals surface area contributed by atoms with Gasteiger partial charge in [-0.05, 0) is 26.6 Å². The third-order valence-electron chi connectivity index (χ3n) is 5.62. The van der Waals surface area contributed by atoms with Crippen LogP contribution >= 0.6 is 0 Å². The van der Waals surface area contributed by atoms with Crippen LogP contribution in [0.5, 0.6) is 0 Å². The maximum atomic E-state index is 12.5. The van der Waals surface area contributed by atoms with E-state index in [-0.39, 0.29) is 43.0 Å². The highest BCUT2D eigenvalue weighted by molar-refractivity contribution is 6.69. The number of cyclic esters (lactones) is 1. The summed E-state index contributed by atoms with van der Waals surface area (Å²) in [6.07, 6.45) is 0.860. The Morgan fingerprint density at radius 3 is 2.48 bits per heavy atom. The fourth-order valence-electron chi connectivity index (χ4n) is 4.26. The Labute approximate surface area is 174 Å². The standard InChI is InChI=1S/C21H36O7Si/c1-13-8-16(12-22)26-19(23)11-21(24)10-18(28-29(5,6)7)15(3)20(27-21)14(2)17(9-13)25-4/h9,12,14-18,20,24H,8,10-11H2,1-7H3/b13-9+/t14-,15-,16-,17-,18+,20+,21+/m1/s1. The first-order valence-corrected chi connectivity index (χ1v) is 13.7. The van der Waals surface area contributed by atoms with Crippen molar-refractivity contribution in [3.8, 4) is 0 Å². The van der Waals surface area contributed by atoms with Crippen LogP contribution in [0.1, 0.15) is 40.0 Å². The maximum Gasteiger partial charge on any atom is 0.311 e. The summed E-state index contributed by atoms with van der Waals surface area (Å²) in [6, 6.07) is 0. The lowest BCUT2D eigenvalue weighted by atomic mass is 9.80. The van der Waals surface area contributed by atoms with Gasteiger partial charge in [-0.25, -0.2) is 0 Å². The van der Waals surface area contributed by atoms with Crippen molar-refractivity contribution in [3.05, 3.63) is 11.6 Å². The monoisotopic (exact) mass is 428 g/mol. The Morgan fingerprint density at radius 2 is 1.93 bits per heavy atom. The molecular formula is C21H36O7Si. The summed E-state index contributed by atoms with van der Waals surface area (Å²) in [4.78, 5) is 23.8. The Balaban J connectivity index is 2.45.